The molecule has 1 amide bonds. The Balaban J connectivity index is 0.00000289. The highest BCUT2D eigenvalue weighted by Gasteiger charge is 2.21. The Morgan fingerprint density at radius 3 is 2.44 bits per heavy atom. The van der Waals surface area contributed by atoms with E-state index in [2.05, 4.69) is 15.9 Å². The van der Waals surface area contributed by atoms with Gasteiger partial charge in [0.1, 0.15) is 0 Å². The first-order valence-electron chi connectivity index (χ1n) is 5.67. The molecule has 18 heavy (non-hydrogen) atoms. The van der Waals surface area contributed by atoms with Crippen molar-refractivity contribution in [3.8, 4) is 0 Å². The Kier molecular flexibility index (Phi) is 7.52. The third-order valence-electron chi connectivity index (χ3n) is 2.92. The Labute approximate surface area is 123 Å². The summed E-state index contributed by atoms with van der Waals surface area (Å²) >= 11 is 3.48. The van der Waals surface area contributed by atoms with E-state index >= 15 is 0 Å². The number of nitrogens with two attached hydrogens (primary N) is 1. The van der Waals surface area contributed by atoms with Crippen molar-refractivity contribution in [2.24, 2.45) is 11.7 Å². The fraction of sp³-hybridized carbons (Fsp3) is 0.462. The van der Waals surface area contributed by atoms with Crippen molar-refractivity contribution in [3.05, 3.63) is 34.3 Å². The second-order valence-electron chi connectivity index (χ2n) is 4.43. The molecule has 0 aromatic heterocycles. The number of carbonyl (C=O) groups is 1. The van der Waals surface area contributed by atoms with E-state index in [4.69, 9.17) is 5.73 Å². The fourth-order valence-corrected chi connectivity index (χ4v) is 1.94. The summed E-state index contributed by atoms with van der Waals surface area (Å²) in [6, 6.07) is 7.78. The van der Waals surface area contributed by atoms with Crippen LogP contribution in [0.3, 0.4) is 0 Å². The molecular formula is C13H20BrClN2O. The molecule has 0 spiro atoms. The molecule has 0 aliphatic heterocycles. The van der Waals surface area contributed by atoms with Crippen LogP contribution in [-0.2, 0) is 11.3 Å². The molecule has 0 saturated heterocycles. The summed E-state index contributed by atoms with van der Waals surface area (Å²) in [5, 5.41) is 0. The highest BCUT2D eigenvalue weighted by molar-refractivity contribution is 9.10. The molecule has 0 radical (unpaired) electrons. The van der Waals surface area contributed by atoms with Gasteiger partial charge in [-0.05, 0) is 18.6 Å². The molecule has 0 heterocycles. The molecule has 0 aliphatic carbocycles. The Morgan fingerprint density at radius 1 is 1.39 bits per heavy atom. The van der Waals surface area contributed by atoms with Gasteiger partial charge in [0.05, 0.1) is 5.92 Å². The van der Waals surface area contributed by atoms with Crippen LogP contribution in [0, 0.1) is 5.92 Å². The minimum Gasteiger partial charge on any atom is -0.341 e. The third kappa shape index (κ3) is 4.59. The van der Waals surface area contributed by atoms with E-state index in [0.29, 0.717) is 6.54 Å². The van der Waals surface area contributed by atoms with E-state index in [9.17, 15) is 4.79 Å². The van der Waals surface area contributed by atoms with Crippen LogP contribution in [0.1, 0.15) is 19.4 Å². The average Bonchev–Trinajstić information content (AvgIpc) is 2.30. The molecule has 2 atom stereocenters. The van der Waals surface area contributed by atoms with Crippen LogP contribution in [0.15, 0.2) is 28.7 Å². The zero-order chi connectivity index (χ0) is 13.0. The van der Waals surface area contributed by atoms with Crippen LogP contribution in [0.25, 0.3) is 0 Å². The highest BCUT2D eigenvalue weighted by Crippen LogP contribution is 2.18. The van der Waals surface area contributed by atoms with Crippen LogP contribution in [-0.4, -0.2) is 23.9 Å². The highest BCUT2D eigenvalue weighted by atomic mass is 79.9. The molecule has 5 heteroatoms. The Bertz CT molecular complexity index is 398. The number of rotatable bonds is 4. The summed E-state index contributed by atoms with van der Waals surface area (Å²) in [6.07, 6.45) is 0. The molecule has 0 saturated carbocycles. The van der Waals surface area contributed by atoms with Crippen LogP contribution in [0.5, 0.6) is 0 Å². The van der Waals surface area contributed by atoms with Gasteiger partial charge in [-0.25, -0.2) is 0 Å². The van der Waals surface area contributed by atoms with E-state index in [-0.39, 0.29) is 30.3 Å². The van der Waals surface area contributed by atoms with Gasteiger partial charge < -0.3 is 10.6 Å². The quantitative estimate of drug-likeness (QED) is 0.919. The first kappa shape index (κ1) is 17.4. The number of nitrogens with zero attached hydrogens (tertiary/aromatic N) is 1. The summed E-state index contributed by atoms with van der Waals surface area (Å²) in [7, 11) is 1.81. The van der Waals surface area contributed by atoms with E-state index in [0.717, 1.165) is 10.0 Å². The first-order valence-corrected chi connectivity index (χ1v) is 6.46. The summed E-state index contributed by atoms with van der Waals surface area (Å²) < 4.78 is 1.02. The second-order valence-corrected chi connectivity index (χ2v) is 5.29. The topological polar surface area (TPSA) is 46.3 Å². The standard InChI is InChI=1S/C13H19BrN2O.ClH/c1-9(10(2)15)13(17)16(3)8-11-6-4-5-7-12(11)14;/h4-7,9-10H,8,15H2,1-3H3;1H. The van der Waals surface area contributed by atoms with Crippen LogP contribution >= 0.6 is 28.3 Å². The van der Waals surface area contributed by atoms with Gasteiger partial charge in [0.2, 0.25) is 5.91 Å². The predicted octanol–water partition coefficient (Wildman–Crippen LogP) is 2.81. The molecule has 2 unspecified atom stereocenters. The van der Waals surface area contributed by atoms with Gasteiger partial charge in [0.15, 0.2) is 0 Å². The van der Waals surface area contributed by atoms with Crippen molar-refractivity contribution in [2.45, 2.75) is 26.4 Å². The third-order valence-corrected chi connectivity index (χ3v) is 3.69. The summed E-state index contributed by atoms with van der Waals surface area (Å²) in [6.45, 7) is 4.32. The molecule has 1 aromatic carbocycles. The van der Waals surface area contributed by atoms with Gasteiger partial charge in [0.25, 0.3) is 0 Å². The normalized spacial score (nSPS) is 13.4. The van der Waals surface area contributed by atoms with Crippen molar-refractivity contribution in [1.29, 1.82) is 0 Å². The maximum absolute atomic E-state index is 12.0. The van der Waals surface area contributed by atoms with E-state index in [1.165, 1.54) is 0 Å². The maximum atomic E-state index is 12.0. The van der Waals surface area contributed by atoms with Crippen molar-refractivity contribution >= 4 is 34.2 Å². The molecule has 1 aromatic rings. The van der Waals surface area contributed by atoms with Crippen molar-refractivity contribution in [1.82, 2.24) is 4.90 Å². The SMILES string of the molecule is CC(N)C(C)C(=O)N(C)Cc1ccccc1Br.Cl. The van der Waals surface area contributed by atoms with Crippen molar-refractivity contribution in [3.63, 3.8) is 0 Å². The molecular weight excluding hydrogens is 316 g/mol. The lowest BCUT2D eigenvalue weighted by Crippen LogP contribution is -2.39. The van der Waals surface area contributed by atoms with E-state index in [1.807, 2.05) is 38.1 Å². The van der Waals surface area contributed by atoms with Gasteiger partial charge in [0, 0.05) is 24.1 Å². The average molecular weight is 336 g/mol. The van der Waals surface area contributed by atoms with Gasteiger partial charge in [-0.15, -0.1) is 12.4 Å². The molecule has 3 nitrogen and oxygen atoms in total. The molecule has 0 fully saturated rings. The Morgan fingerprint density at radius 2 is 1.94 bits per heavy atom. The first-order chi connectivity index (χ1) is 7.93. The van der Waals surface area contributed by atoms with Crippen LogP contribution in [0.2, 0.25) is 0 Å². The van der Waals surface area contributed by atoms with Gasteiger partial charge in [-0.1, -0.05) is 41.1 Å². The minimum atomic E-state index is -0.150. The number of hydrogen-bond donors (Lipinski definition) is 1. The van der Waals surface area contributed by atoms with E-state index in [1.54, 1.807) is 11.9 Å². The lowest BCUT2D eigenvalue weighted by molar-refractivity contribution is -0.134. The summed E-state index contributed by atoms with van der Waals surface area (Å²) in [4.78, 5) is 13.7. The summed E-state index contributed by atoms with van der Waals surface area (Å²) in [5.41, 5.74) is 6.84. The molecule has 2 N–H and O–H groups in total. The maximum Gasteiger partial charge on any atom is 0.226 e. The number of halogens is 2. The van der Waals surface area contributed by atoms with Gasteiger partial charge >= 0.3 is 0 Å². The molecule has 0 aliphatic rings. The fourth-order valence-electron chi connectivity index (χ4n) is 1.53. The zero-order valence-electron chi connectivity index (χ0n) is 10.9. The molecule has 0 bridgehead atoms. The second kappa shape index (κ2) is 7.77. The predicted molar refractivity (Wildman–Crippen MR) is 80.7 cm³/mol. The largest absolute Gasteiger partial charge is 0.341 e. The smallest absolute Gasteiger partial charge is 0.226 e. The van der Waals surface area contributed by atoms with E-state index < -0.39 is 0 Å². The van der Waals surface area contributed by atoms with Crippen LogP contribution < -0.4 is 5.73 Å². The minimum absolute atomic E-state index is 0. The lowest BCUT2D eigenvalue weighted by atomic mass is 10.0. The number of benzene rings is 1. The van der Waals surface area contributed by atoms with Gasteiger partial charge in [-0.3, -0.25) is 4.79 Å². The number of amides is 1. The lowest BCUT2D eigenvalue weighted by Gasteiger charge is -2.23. The van der Waals surface area contributed by atoms with Gasteiger partial charge in [-0.2, -0.15) is 0 Å². The Hall–Kier alpha value is -0.580. The number of hydrogen-bond acceptors (Lipinski definition) is 2. The monoisotopic (exact) mass is 334 g/mol. The molecule has 102 valence electrons. The zero-order valence-corrected chi connectivity index (χ0v) is 13.3. The van der Waals surface area contributed by atoms with Crippen molar-refractivity contribution < 1.29 is 4.79 Å². The van der Waals surface area contributed by atoms with Crippen LogP contribution in [0.4, 0.5) is 0 Å². The number of carbonyl (C=O) groups excluding carboxylic acids is 1. The summed E-state index contributed by atoms with van der Waals surface area (Å²) in [5.74, 6) is -0.0711. The molecule has 1 rings (SSSR count). The van der Waals surface area contributed by atoms with Crippen molar-refractivity contribution in [2.75, 3.05) is 7.05 Å².